The van der Waals surface area contributed by atoms with Crippen LogP contribution in [0.2, 0.25) is 0 Å². The fraction of sp³-hybridized carbons (Fsp3) is 0.500. The molecule has 2 atom stereocenters. The Hall–Kier alpha value is -1.32. The normalized spacial score (nSPS) is 13.9. The fourth-order valence-corrected chi connectivity index (χ4v) is 2.62. The summed E-state index contributed by atoms with van der Waals surface area (Å²) in [5, 5.41) is 17.5. The maximum Gasteiger partial charge on any atom is 0.110 e. The number of hydrogen-bond donors (Lipinski definition) is 0. The molecule has 0 radical (unpaired) electrons. The first kappa shape index (κ1) is 11.8. The highest BCUT2D eigenvalue weighted by atomic mass is 32.1. The lowest BCUT2D eigenvalue weighted by atomic mass is 9.88. The predicted molar refractivity (Wildman–Crippen MR) is 61.5 cm³/mol. The van der Waals surface area contributed by atoms with Crippen molar-refractivity contribution in [3.8, 4) is 12.1 Å². The van der Waals surface area contributed by atoms with Crippen LogP contribution in [0.25, 0.3) is 0 Å². The summed E-state index contributed by atoms with van der Waals surface area (Å²) in [4.78, 5) is 1.90. The maximum atomic E-state index is 8.80. The van der Waals surface area contributed by atoms with Crippen molar-refractivity contribution < 1.29 is 0 Å². The topological polar surface area (TPSA) is 47.6 Å². The highest BCUT2D eigenvalue weighted by Gasteiger charge is 2.19. The van der Waals surface area contributed by atoms with Gasteiger partial charge in [0.15, 0.2) is 0 Å². The van der Waals surface area contributed by atoms with Crippen molar-refractivity contribution in [1.29, 1.82) is 10.5 Å². The molecular weight excluding hydrogens is 204 g/mol. The summed E-state index contributed by atoms with van der Waals surface area (Å²) in [5.74, 6) is 0.780. The Balaban J connectivity index is 2.90. The minimum atomic E-state index is 0.284. The van der Waals surface area contributed by atoms with Crippen LogP contribution in [0.5, 0.6) is 0 Å². The van der Waals surface area contributed by atoms with Crippen molar-refractivity contribution in [2.45, 2.75) is 32.6 Å². The van der Waals surface area contributed by atoms with Crippen LogP contribution in [0, 0.1) is 28.6 Å². The monoisotopic (exact) mass is 218 g/mol. The minimum absolute atomic E-state index is 0.284. The van der Waals surface area contributed by atoms with E-state index in [9.17, 15) is 0 Å². The molecule has 78 valence electrons. The Kier molecular flexibility index (Phi) is 4.34. The molecule has 0 aliphatic carbocycles. The van der Waals surface area contributed by atoms with Gasteiger partial charge in [0, 0.05) is 17.2 Å². The molecule has 0 aromatic carbocycles. The quantitative estimate of drug-likeness (QED) is 0.774. The average Bonchev–Trinajstić information content (AvgIpc) is 2.73. The first-order valence-electron chi connectivity index (χ1n) is 5.09. The van der Waals surface area contributed by atoms with Gasteiger partial charge in [0.1, 0.15) is 10.9 Å². The van der Waals surface area contributed by atoms with Crippen LogP contribution >= 0.6 is 11.3 Å². The summed E-state index contributed by atoms with van der Waals surface area (Å²) in [6, 6.07) is 8.19. The van der Waals surface area contributed by atoms with Crippen molar-refractivity contribution in [3.63, 3.8) is 0 Å². The number of nitriles is 2. The predicted octanol–water partition coefficient (Wildman–Crippen LogP) is 3.66. The summed E-state index contributed by atoms with van der Waals surface area (Å²) in [6.45, 7) is 4.29. The summed E-state index contributed by atoms with van der Waals surface area (Å²) in [5.41, 5.74) is 0. The minimum Gasteiger partial charge on any atom is -0.198 e. The van der Waals surface area contributed by atoms with E-state index in [1.165, 1.54) is 16.2 Å². The second kappa shape index (κ2) is 5.53. The summed E-state index contributed by atoms with van der Waals surface area (Å²) in [6.07, 6.45) is 1.60. The van der Waals surface area contributed by atoms with E-state index < -0.39 is 0 Å². The van der Waals surface area contributed by atoms with E-state index in [-0.39, 0.29) is 5.92 Å². The van der Waals surface area contributed by atoms with Gasteiger partial charge in [0.2, 0.25) is 0 Å². The lowest BCUT2D eigenvalue weighted by Crippen LogP contribution is -2.06. The van der Waals surface area contributed by atoms with Gasteiger partial charge in [-0.2, -0.15) is 10.5 Å². The van der Waals surface area contributed by atoms with Gasteiger partial charge in [-0.1, -0.05) is 20.3 Å². The van der Waals surface area contributed by atoms with Crippen molar-refractivity contribution in [2.75, 3.05) is 0 Å². The molecule has 1 aromatic rings. The first-order chi connectivity index (χ1) is 7.22. The van der Waals surface area contributed by atoms with Crippen LogP contribution < -0.4 is 0 Å². The fourth-order valence-electron chi connectivity index (χ4n) is 1.58. The molecule has 0 N–H and O–H groups in total. The molecule has 1 aromatic heterocycles. The van der Waals surface area contributed by atoms with E-state index >= 15 is 0 Å². The van der Waals surface area contributed by atoms with Crippen LogP contribution in [-0.2, 0) is 0 Å². The van der Waals surface area contributed by atoms with Crippen LogP contribution in [0.15, 0.2) is 12.1 Å². The van der Waals surface area contributed by atoms with E-state index in [2.05, 4.69) is 26.0 Å². The largest absolute Gasteiger partial charge is 0.198 e. The first-order valence-corrected chi connectivity index (χ1v) is 5.91. The molecule has 2 unspecified atom stereocenters. The average molecular weight is 218 g/mol. The molecule has 0 saturated heterocycles. The molecule has 15 heavy (non-hydrogen) atoms. The molecule has 1 rings (SSSR count). The number of rotatable bonds is 4. The maximum absolute atomic E-state index is 8.80. The van der Waals surface area contributed by atoms with E-state index in [4.69, 9.17) is 10.5 Å². The summed E-state index contributed by atoms with van der Waals surface area (Å²) in [7, 11) is 0. The molecule has 0 aliphatic rings. The van der Waals surface area contributed by atoms with Gasteiger partial charge in [-0.3, -0.25) is 0 Å². The Bertz CT molecular complexity index is 394. The van der Waals surface area contributed by atoms with E-state index in [1.54, 1.807) is 0 Å². The van der Waals surface area contributed by atoms with Gasteiger partial charge in [0.05, 0.1) is 6.07 Å². The van der Waals surface area contributed by atoms with Crippen molar-refractivity contribution in [2.24, 2.45) is 5.92 Å². The molecule has 0 saturated carbocycles. The van der Waals surface area contributed by atoms with E-state index in [0.29, 0.717) is 12.3 Å². The molecular formula is C12H14N2S. The van der Waals surface area contributed by atoms with Crippen LogP contribution in [-0.4, -0.2) is 0 Å². The van der Waals surface area contributed by atoms with Gasteiger partial charge in [-0.15, -0.1) is 11.3 Å². The van der Waals surface area contributed by atoms with Crippen LogP contribution in [0.1, 0.15) is 42.4 Å². The third kappa shape index (κ3) is 2.81. The molecule has 0 aliphatic heterocycles. The Labute approximate surface area is 94.8 Å². The number of nitrogens with zero attached hydrogens (tertiary/aromatic N) is 2. The number of hydrogen-bond acceptors (Lipinski definition) is 3. The summed E-state index contributed by atoms with van der Waals surface area (Å²) >= 11 is 1.51. The molecule has 0 amide bonds. The Morgan fingerprint density at radius 2 is 2.13 bits per heavy atom. The van der Waals surface area contributed by atoms with Gasteiger partial charge in [-0.05, 0) is 18.1 Å². The van der Waals surface area contributed by atoms with Gasteiger partial charge in [-0.25, -0.2) is 0 Å². The highest BCUT2D eigenvalue weighted by molar-refractivity contribution is 7.12. The Morgan fingerprint density at radius 1 is 1.40 bits per heavy atom. The Morgan fingerprint density at radius 3 is 2.60 bits per heavy atom. The smallest absolute Gasteiger partial charge is 0.110 e. The molecule has 3 heteroatoms. The molecule has 2 nitrogen and oxygen atoms in total. The lowest BCUT2D eigenvalue weighted by molar-refractivity contribution is 0.456. The zero-order valence-corrected chi connectivity index (χ0v) is 9.84. The van der Waals surface area contributed by atoms with Gasteiger partial charge < -0.3 is 0 Å². The zero-order valence-electron chi connectivity index (χ0n) is 9.03. The van der Waals surface area contributed by atoms with E-state index in [0.717, 1.165) is 11.3 Å². The lowest BCUT2D eigenvalue weighted by Gasteiger charge is -2.18. The molecule has 0 spiro atoms. The third-order valence-corrected chi connectivity index (χ3v) is 3.87. The second-order valence-corrected chi connectivity index (χ2v) is 4.78. The summed E-state index contributed by atoms with van der Waals surface area (Å²) < 4.78 is 0. The zero-order chi connectivity index (χ0) is 11.3. The van der Waals surface area contributed by atoms with Crippen LogP contribution in [0.3, 0.4) is 0 Å². The number of thiophene rings is 1. The van der Waals surface area contributed by atoms with Crippen molar-refractivity contribution in [1.82, 2.24) is 0 Å². The van der Waals surface area contributed by atoms with Crippen LogP contribution in [0.4, 0.5) is 0 Å². The second-order valence-electron chi connectivity index (χ2n) is 3.67. The highest BCUT2D eigenvalue weighted by Crippen LogP contribution is 2.34. The standard InChI is InChI=1S/C12H14N2S/c1-3-9(2)11(6-7-13)12-5-4-10(8-14)15-12/h4-5,9,11H,3,6H2,1-2H3. The SMILES string of the molecule is CCC(C)C(CC#N)c1ccc(C#N)s1. The van der Waals surface area contributed by atoms with E-state index in [1.807, 2.05) is 12.1 Å². The van der Waals surface area contributed by atoms with Gasteiger partial charge >= 0.3 is 0 Å². The van der Waals surface area contributed by atoms with Crippen molar-refractivity contribution >= 4 is 11.3 Å². The third-order valence-electron chi connectivity index (χ3n) is 2.74. The van der Waals surface area contributed by atoms with Crippen molar-refractivity contribution in [3.05, 3.63) is 21.9 Å². The van der Waals surface area contributed by atoms with Gasteiger partial charge in [0.25, 0.3) is 0 Å². The molecule has 0 bridgehead atoms. The molecule has 1 heterocycles. The molecule has 0 fully saturated rings.